The summed E-state index contributed by atoms with van der Waals surface area (Å²) < 4.78 is 0. The predicted octanol–water partition coefficient (Wildman–Crippen LogP) is 3.35. The van der Waals surface area contributed by atoms with Crippen LogP contribution in [0.1, 0.15) is 35.8 Å². The third-order valence-electron chi connectivity index (χ3n) is 4.90. The van der Waals surface area contributed by atoms with Crippen LogP contribution in [0, 0.1) is 0 Å². The van der Waals surface area contributed by atoms with E-state index >= 15 is 0 Å². The van der Waals surface area contributed by atoms with Crippen LogP contribution >= 0.6 is 11.6 Å². The van der Waals surface area contributed by atoms with Gasteiger partial charge in [0.2, 0.25) is 11.7 Å². The van der Waals surface area contributed by atoms with Gasteiger partial charge in [-0.2, -0.15) is 4.80 Å². The van der Waals surface area contributed by atoms with Gasteiger partial charge in [0, 0.05) is 35.3 Å². The molecule has 0 fully saturated rings. The van der Waals surface area contributed by atoms with E-state index in [1.807, 2.05) is 12.1 Å². The molecule has 0 radical (unpaired) electrons. The molecule has 0 saturated carbocycles. The Balaban J connectivity index is 1.56. The smallest absolute Gasteiger partial charge is 0.223 e. The highest BCUT2D eigenvalue weighted by atomic mass is 35.5. The molecule has 0 bridgehead atoms. The van der Waals surface area contributed by atoms with Crippen LogP contribution in [0.2, 0.25) is 5.02 Å². The Bertz CT molecular complexity index is 1060. The number of halogens is 1. The zero-order chi connectivity index (χ0) is 19.8. The van der Waals surface area contributed by atoms with E-state index in [0.29, 0.717) is 23.0 Å². The minimum Gasteiger partial charge on any atom is -0.312 e. The molecule has 1 aliphatic heterocycles. The standard InChI is InChI=1S/C20H18ClN5O2/c1-12(26-23-20(22-24-26)14-3-6-17(21)7-4-14)19(28)16-5-8-18-15(11-16)9-10-25(18)13(2)27/h3-8,11-12H,9-10H2,1-2H3. The van der Waals surface area contributed by atoms with Crippen molar-refractivity contribution in [3.63, 3.8) is 0 Å². The van der Waals surface area contributed by atoms with Crippen LogP contribution in [-0.4, -0.2) is 38.4 Å². The number of nitrogens with zero attached hydrogens (tertiary/aromatic N) is 5. The maximum atomic E-state index is 12.9. The first kappa shape index (κ1) is 18.3. The number of Topliss-reactive ketones (excluding diaryl/α,β-unsaturated/α-hetero) is 1. The summed E-state index contributed by atoms with van der Waals surface area (Å²) in [6, 6.07) is 11.9. The predicted molar refractivity (Wildman–Crippen MR) is 105 cm³/mol. The third kappa shape index (κ3) is 3.29. The van der Waals surface area contributed by atoms with E-state index in [2.05, 4.69) is 15.4 Å². The Morgan fingerprint density at radius 2 is 1.89 bits per heavy atom. The fraction of sp³-hybridized carbons (Fsp3) is 0.250. The number of ketones is 1. The van der Waals surface area contributed by atoms with Gasteiger partial charge < -0.3 is 4.90 Å². The summed E-state index contributed by atoms with van der Waals surface area (Å²) in [7, 11) is 0. The molecule has 0 saturated heterocycles. The highest BCUT2D eigenvalue weighted by Gasteiger charge is 2.25. The van der Waals surface area contributed by atoms with Crippen molar-refractivity contribution < 1.29 is 9.59 Å². The molecule has 0 N–H and O–H groups in total. The SMILES string of the molecule is CC(=O)N1CCc2cc(C(=O)C(C)n3nnc(-c4ccc(Cl)cc4)n3)ccc21. The normalized spacial score (nSPS) is 14.0. The first-order chi connectivity index (χ1) is 13.4. The van der Waals surface area contributed by atoms with Crippen molar-refractivity contribution in [3.05, 3.63) is 58.6 Å². The summed E-state index contributed by atoms with van der Waals surface area (Å²) in [4.78, 5) is 27.7. The Labute approximate surface area is 166 Å². The fourth-order valence-electron chi connectivity index (χ4n) is 3.33. The van der Waals surface area contributed by atoms with Gasteiger partial charge >= 0.3 is 0 Å². The second-order valence-electron chi connectivity index (χ2n) is 6.74. The highest BCUT2D eigenvalue weighted by molar-refractivity contribution is 6.30. The molecule has 2 aromatic carbocycles. The maximum Gasteiger partial charge on any atom is 0.223 e. The second kappa shape index (κ2) is 7.16. The van der Waals surface area contributed by atoms with Crippen molar-refractivity contribution in [2.75, 3.05) is 11.4 Å². The Hall–Kier alpha value is -3.06. The third-order valence-corrected chi connectivity index (χ3v) is 5.15. The summed E-state index contributed by atoms with van der Waals surface area (Å²) in [5.41, 5.74) is 3.22. The van der Waals surface area contributed by atoms with Crippen molar-refractivity contribution >= 4 is 29.0 Å². The number of rotatable bonds is 4. The van der Waals surface area contributed by atoms with Gasteiger partial charge in [0.05, 0.1) is 0 Å². The van der Waals surface area contributed by atoms with Gasteiger partial charge in [0.1, 0.15) is 6.04 Å². The van der Waals surface area contributed by atoms with Gasteiger partial charge in [-0.25, -0.2) is 0 Å². The van der Waals surface area contributed by atoms with E-state index in [9.17, 15) is 9.59 Å². The maximum absolute atomic E-state index is 12.9. The van der Waals surface area contributed by atoms with E-state index < -0.39 is 6.04 Å². The molecule has 142 valence electrons. The lowest BCUT2D eigenvalue weighted by Gasteiger charge is -2.15. The topological polar surface area (TPSA) is 81.0 Å². The minimum absolute atomic E-state index is 0.00717. The number of hydrogen-bond donors (Lipinski definition) is 0. The average molecular weight is 396 g/mol. The zero-order valence-electron chi connectivity index (χ0n) is 15.5. The molecule has 2 heterocycles. The molecule has 1 atom stereocenters. The van der Waals surface area contributed by atoms with Gasteiger partial charge in [-0.1, -0.05) is 11.6 Å². The highest BCUT2D eigenvalue weighted by Crippen LogP contribution is 2.30. The van der Waals surface area contributed by atoms with Crippen LogP contribution in [0.5, 0.6) is 0 Å². The fourth-order valence-corrected chi connectivity index (χ4v) is 3.46. The molecule has 1 unspecified atom stereocenters. The monoisotopic (exact) mass is 395 g/mol. The summed E-state index contributed by atoms with van der Waals surface area (Å²) >= 11 is 5.90. The number of anilines is 1. The minimum atomic E-state index is -0.600. The van der Waals surface area contributed by atoms with E-state index in [1.54, 1.807) is 49.1 Å². The molecule has 0 aliphatic carbocycles. The molecule has 4 rings (SSSR count). The van der Waals surface area contributed by atoms with Gasteiger partial charge in [-0.05, 0) is 66.6 Å². The second-order valence-corrected chi connectivity index (χ2v) is 7.18. The number of carbonyl (C=O) groups is 2. The molecular weight excluding hydrogens is 378 g/mol. The van der Waals surface area contributed by atoms with Crippen LogP contribution in [0.25, 0.3) is 11.4 Å². The quantitative estimate of drug-likeness (QED) is 0.633. The van der Waals surface area contributed by atoms with E-state index in [4.69, 9.17) is 11.6 Å². The van der Waals surface area contributed by atoms with Crippen LogP contribution < -0.4 is 4.90 Å². The Morgan fingerprint density at radius 1 is 1.14 bits per heavy atom. The number of aromatic nitrogens is 4. The molecule has 8 heteroatoms. The Morgan fingerprint density at radius 3 is 2.61 bits per heavy atom. The average Bonchev–Trinajstić information content (AvgIpc) is 3.34. The van der Waals surface area contributed by atoms with Crippen molar-refractivity contribution in [1.29, 1.82) is 0 Å². The number of hydrogen-bond acceptors (Lipinski definition) is 5. The van der Waals surface area contributed by atoms with Crippen LogP contribution in [0.4, 0.5) is 5.69 Å². The van der Waals surface area contributed by atoms with Gasteiger partial charge in [0.15, 0.2) is 5.78 Å². The van der Waals surface area contributed by atoms with Gasteiger partial charge in [0.25, 0.3) is 0 Å². The first-order valence-corrected chi connectivity index (χ1v) is 9.32. The van der Waals surface area contributed by atoms with Crippen molar-refractivity contribution in [3.8, 4) is 11.4 Å². The summed E-state index contributed by atoms with van der Waals surface area (Å²) in [5, 5.41) is 13.0. The number of tetrazole rings is 1. The summed E-state index contributed by atoms with van der Waals surface area (Å²) in [6.07, 6.45) is 0.743. The Kier molecular flexibility index (Phi) is 4.68. The van der Waals surface area contributed by atoms with Gasteiger partial charge in [-0.15, -0.1) is 10.2 Å². The molecule has 3 aromatic rings. The first-order valence-electron chi connectivity index (χ1n) is 8.95. The molecule has 1 amide bonds. The molecule has 7 nitrogen and oxygen atoms in total. The number of carbonyl (C=O) groups excluding carboxylic acids is 2. The van der Waals surface area contributed by atoms with E-state index in [-0.39, 0.29) is 11.7 Å². The molecule has 1 aliphatic rings. The summed E-state index contributed by atoms with van der Waals surface area (Å²) in [6.45, 7) is 3.93. The summed E-state index contributed by atoms with van der Waals surface area (Å²) in [5.74, 6) is 0.333. The lowest BCUT2D eigenvalue weighted by molar-refractivity contribution is -0.116. The van der Waals surface area contributed by atoms with Crippen molar-refractivity contribution in [2.24, 2.45) is 0 Å². The number of benzene rings is 2. The van der Waals surface area contributed by atoms with Crippen LogP contribution in [-0.2, 0) is 11.2 Å². The molecule has 1 aromatic heterocycles. The number of fused-ring (bicyclic) bond motifs is 1. The number of amides is 1. The van der Waals surface area contributed by atoms with Crippen molar-refractivity contribution in [2.45, 2.75) is 26.3 Å². The van der Waals surface area contributed by atoms with E-state index in [1.165, 1.54) is 4.80 Å². The largest absolute Gasteiger partial charge is 0.312 e. The molecular formula is C20H18ClN5O2. The molecule has 28 heavy (non-hydrogen) atoms. The zero-order valence-corrected chi connectivity index (χ0v) is 16.2. The van der Waals surface area contributed by atoms with Gasteiger partial charge in [-0.3, -0.25) is 9.59 Å². The van der Waals surface area contributed by atoms with Crippen LogP contribution in [0.3, 0.4) is 0 Å². The van der Waals surface area contributed by atoms with E-state index in [0.717, 1.165) is 23.2 Å². The lowest BCUT2D eigenvalue weighted by Crippen LogP contribution is -2.25. The molecule has 0 spiro atoms. The van der Waals surface area contributed by atoms with Crippen molar-refractivity contribution in [1.82, 2.24) is 20.2 Å². The van der Waals surface area contributed by atoms with Crippen LogP contribution in [0.15, 0.2) is 42.5 Å². The lowest BCUT2D eigenvalue weighted by atomic mass is 10.0.